The highest BCUT2D eigenvalue weighted by Gasteiger charge is 2.10. The third-order valence-electron chi connectivity index (χ3n) is 2.39. The summed E-state index contributed by atoms with van der Waals surface area (Å²) in [6.45, 7) is 4.65. The van der Waals surface area contributed by atoms with Crippen LogP contribution in [0.15, 0.2) is 24.5 Å². The summed E-state index contributed by atoms with van der Waals surface area (Å²) in [6, 6.07) is 3.82. The molecule has 0 unspecified atom stereocenters. The fourth-order valence-corrected chi connectivity index (χ4v) is 1.43. The molecule has 1 N–H and O–H groups in total. The van der Waals surface area contributed by atoms with E-state index in [1.807, 2.05) is 19.1 Å². The molecule has 1 aromatic heterocycles. The molecule has 3 heteroatoms. The van der Waals surface area contributed by atoms with Crippen LogP contribution in [0, 0.1) is 5.92 Å². The van der Waals surface area contributed by atoms with Gasteiger partial charge in [-0.25, -0.2) is 0 Å². The second-order valence-electron chi connectivity index (χ2n) is 3.76. The molecule has 0 aliphatic rings. The number of carbonyl (C=O) groups excluding carboxylic acids is 1. The Labute approximate surface area is 90.9 Å². The van der Waals surface area contributed by atoms with E-state index in [9.17, 15) is 4.79 Å². The van der Waals surface area contributed by atoms with Gasteiger partial charge in [-0.1, -0.05) is 20.3 Å². The standard InChI is InChI=1S/C12H18N2O/c1-3-4-10(2)12(15)14-9-11-5-7-13-8-6-11/h5-8,10H,3-4,9H2,1-2H3,(H,14,15)/t10-/m1/s1. The number of hydrogen-bond donors (Lipinski definition) is 1. The molecule has 1 heterocycles. The van der Waals surface area contributed by atoms with E-state index >= 15 is 0 Å². The van der Waals surface area contributed by atoms with Crippen LogP contribution >= 0.6 is 0 Å². The number of carbonyl (C=O) groups is 1. The van der Waals surface area contributed by atoms with Gasteiger partial charge in [0.25, 0.3) is 0 Å². The van der Waals surface area contributed by atoms with Gasteiger partial charge in [0.2, 0.25) is 5.91 Å². The van der Waals surface area contributed by atoms with E-state index in [1.54, 1.807) is 12.4 Å². The summed E-state index contributed by atoms with van der Waals surface area (Å²) >= 11 is 0. The maximum Gasteiger partial charge on any atom is 0.223 e. The van der Waals surface area contributed by atoms with Crippen LogP contribution in [0.4, 0.5) is 0 Å². The largest absolute Gasteiger partial charge is 0.352 e. The van der Waals surface area contributed by atoms with Crippen molar-refractivity contribution in [2.45, 2.75) is 33.2 Å². The van der Waals surface area contributed by atoms with Crippen LogP contribution in [0.3, 0.4) is 0 Å². The molecule has 0 radical (unpaired) electrons. The molecule has 0 aromatic carbocycles. The number of nitrogens with one attached hydrogen (secondary N) is 1. The summed E-state index contributed by atoms with van der Waals surface area (Å²) in [6.07, 6.45) is 5.46. The lowest BCUT2D eigenvalue weighted by Gasteiger charge is -2.10. The molecule has 82 valence electrons. The lowest BCUT2D eigenvalue weighted by molar-refractivity contribution is -0.124. The Morgan fingerprint density at radius 1 is 1.47 bits per heavy atom. The summed E-state index contributed by atoms with van der Waals surface area (Å²) in [5.74, 6) is 0.241. The molecular weight excluding hydrogens is 188 g/mol. The fraction of sp³-hybridized carbons (Fsp3) is 0.500. The van der Waals surface area contributed by atoms with Gasteiger partial charge in [-0.2, -0.15) is 0 Å². The third-order valence-corrected chi connectivity index (χ3v) is 2.39. The zero-order valence-corrected chi connectivity index (χ0v) is 9.36. The van der Waals surface area contributed by atoms with Gasteiger partial charge >= 0.3 is 0 Å². The molecule has 0 aliphatic carbocycles. The van der Waals surface area contributed by atoms with Gasteiger partial charge in [0, 0.05) is 24.9 Å². The first-order valence-corrected chi connectivity index (χ1v) is 5.40. The second-order valence-corrected chi connectivity index (χ2v) is 3.76. The molecular formula is C12H18N2O. The van der Waals surface area contributed by atoms with Crippen molar-refractivity contribution in [3.8, 4) is 0 Å². The van der Waals surface area contributed by atoms with E-state index in [2.05, 4.69) is 17.2 Å². The van der Waals surface area contributed by atoms with Crippen molar-refractivity contribution in [2.24, 2.45) is 5.92 Å². The Morgan fingerprint density at radius 2 is 2.13 bits per heavy atom. The smallest absolute Gasteiger partial charge is 0.223 e. The third kappa shape index (κ3) is 4.11. The maximum absolute atomic E-state index is 11.6. The van der Waals surface area contributed by atoms with Crippen LogP contribution in [0.2, 0.25) is 0 Å². The van der Waals surface area contributed by atoms with E-state index in [0.29, 0.717) is 6.54 Å². The normalized spacial score (nSPS) is 12.1. The lowest BCUT2D eigenvalue weighted by atomic mass is 10.1. The Kier molecular flexibility index (Phi) is 4.81. The SMILES string of the molecule is CCC[C@@H](C)C(=O)NCc1ccncc1. The van der Waals surface area contributed by atoms with Gasteiger partial charge in [0.05, 0.1) is 0 Å². The topological polar surface area (TPSA) is 42.0 Å². The van der Waals surface area contributed by atoms with Gasteiger partial charge in [0.1, 0.15) is 0 Å². The molecule has 1 aromatic rings. The van der Waals surface area contributed by atoms with Crippen LogP contribution in [0.1, 0.15) is 32.3 Å². The number of aromatic nitrogens is 1. The first-order valence-electron chi connectivity index (χ1n) is 5.40. The second kappa shape index (κ2) is 6.17. The first kappa shape index (κ1) is 11.7. The van der Waals surface area contributed by atoms with Crippen LogP contribution in [-0.2, 0) is 11.3 Å². The van der Waals surface area contributed by atoms with Gasteiger partial charge < -0.3 is 5.32 Å². The Balaban J connectivity index is 2.34. The molecule has 15 heavy (non-hydrogen) atoms. The number of hydrogen-bond acceptors (Lipinski definition) is 2. The maximum atomic E-state index is 11.6. The van der Waals surface area contributed by atoms with Crippen molar-refractivity contribution in [1.29, 1.82) is 0 Å². The van der Waals surface area contributed by atoms with Gasteiger partial charge in [-0.05, 0) is 24.1 Å². The number of nitrogens with zero attached hydrogens (tertiary/aromatic N) is 1. The number of pyridine rings is 1. The number of rotatable bonds is 5. The predicted octanol–water partition coefficient (Wildman–Crippen LogP) is 2.13. The molecule has 0 spiro atoms. The fourth-order valence-electron chi connectivity index (χ4n) is 1.43. The Bertz CT molecular complexity index is 298. The molecule has 0 bridgehead atoms. The van der Waals surface area contributed by atoms with E-state index < -0.39 is 0 Å². The van der Waals surface area contributed by atoms with Crippen LogP contribution < -0.4 is 5.32 Å². The molecule has 0 aliphatic heterocycles. The van der Waals surface area contributed by atoms with E-state index in [4.69, 9.17) is 0 Å². The van der Waals surface area contributed by atoms with Crippen LogP contribution in [0.25, 0.3) is 0 Å². The molecule has 0 saturated heterocycles. The zero-order valence-electron chi connectivity index (χ0n) is 9.36. The summed E-state index contributed by atoms with van der Waals surface area (Å²) in [5.41, 5.74) is 1.09. The Hall–Kier alpha value is -1.38. The van der Waals surface area contributed by atoms with E-state index in [0.717, 1.165) is 18.4 Å². The summed E-state index contributed by atoms with van der Waals surface area (Å²) < 4.78 is 0. The highest BCUT2D eigenvalue weighted by atomic mass is 16.1. The molecule has 0 saturated carbocycles. The monoisotopic (exact) mass is 206 g/mol. The van der Waals surface area contributed by atoms with Crippen LogP contribution in [0.5, 0.6) is 0 Å². The van der Waals surface area contributed by atoms with Crippen molar-refractivity contribution < 1.29 is 4.79 Å². The van der Waals surface area contributed by atoms with Crippen molar-refractivity contribution in [3.05, 3.63) is 30.1 Å². The van der Waals surface area contributed by atoms with Crippen molar-refractivity contribution in [1.82, 2.24) is 10.3 Å². The molecule has 3 nitrogen and oxygen atoms in total. The average molecular weight is 206 g/mol. The van der Waals surface area contributed by atoms with Gasteiger partial charge in [-0.3, -0.25) is 9.78 Å². The van der Waals surface area contributed by atoms with E-state index in [1.165, 1.54) is 0 Å². The van der Waals surface area contributed by atoms with E-state index in [-0.39, 0.29) is 11.8 Å². The van der Waals surface area contributed by atoms with Crippen molar-refractivity contribution >= 4 is 5.91 Å². The average Bonchev–Trinajstić information content (AvgIpc) is 2.27. The van der Waals surface area contributed by atoms with Gasteiger partial charge in [0.15, 0.2) is 0 Å². The minimum Gasteiger partial charge on any atom is -0.352 e. The Morgan fingerprint density at radius 3 is 2.73 bits per heavy atom. The molecule has 1 amide bonds. The molecule has 1 atom stereocenters. The lowest BCUT2D eigenvalue weighted by Crippen LogP contribution is -2.28. The summed E-state index contributed by atoms with van der Waals surface area (Å²) in [7, 11) is 0. The van der Waals surface area contributed by atoms with Crippen molar-refractivity contribution in [3.63, 3.8) is 0 Å². The summed E-state index contributed by atoms with van der Waals surface area (Å²) in [5, 5.41) is 2.92. The zero-order chi connectivity index (χ0) is 11.1. The minimum absolute atomic E-state index is 0.108. The quantitative estimate of drug-likeness (QED) is 0.802. The van der Waals surface area contributed by atoms with Gasteiger partial charge in [-0.15, -0.1) is 0 Å². The minimum atomic E-state index is 0.108. The van der Waals surface area contributed by atoms with Crippen molar-refractivity contribution in [2.75, 3.05) is 0 Å². The summed E-state index contributed by atoms with van der Waals surface area (Å²) in [4.78, 5) is 15.5. The predicted molar refractivity (Wildman–Crippen MR) is 60.2 cm³/mol. The highest BCUT2D eigenvalue weighted by molar-refractivity contribution is 5.78. The highest BCUT2D eigenvalue weighted by Crippen LogP contribution is 2.05. The van der Waals surface area contributed by atoms with Crippen LogP contribution in [-0.4, -0.2) is 10.9 Å². The molecule has 0 fully saturated rings. The first-order chi connectivity index (χ1) is 7.24. The number of amides is 1. The molecule has 1 rings (SSSR count).